The van der Waals surface area contributed by atoms with Gasteiger partial charge in [-0.1, -0.05) is 18.2 Å². The fourth-order valence-corrected chi connectivity index (χ4v) is 4.41. The van der Waals surface area contributed by atoms with Crippen molar-refractivity contribution in [3.8, 4) is 5.75 Å². The number of carbonyl (C=O) groups is 3. The second-order valence-electron chi connectivity index (χ2n) is 8.16. The van der Waals surface area contributed by atoms with Crippen LogP contribution in [0.25, 0.3) is 0 Å². The number of hydrogen-bond acceptors (Lipinski definition) is 4. The first kappa shape index (κ1) is 21.8. The Morgan fingerprint density at radius 1 is 1.12 bits per heavy atom. The third-order valence-electron chi connectivity index (χ3n) is 6.15. The Balaban J connectivity index is 1.55. The molecule has 4 rings (SSSR count). The molecule has 32 heavy (non-hydrogen) atoms. The van der Waals surface area contributed by atoms with Crippen LogP contribution in [0.5, 0.6) is 5.75 Å². The van der Waals surface area contributed by atoms with Crippen LogP contribution in [0.1, 0.15) is 27.9 Å². The number of hydrogen-bond donors (Lipinski definition) is 0. The second kappa shape index (κ2) is 8.98. The third-order valence-corrected chi connectivity index (χ3v) is 6.15. The van der Waals surface area contributed by atoms with Gasteiger partial charge in [0.15, 0.2) is 0 Å². The highest BCUT2D eigenvalue weighted by molar-refractivity contribution is 5.98. The van der Waals surface area contributed by atoms with Crippen molar-refractivity contribution in [1.29, 1.82) is 0 Å². The number of rotatable bonds is 4. The maximum atomic E-state index is 13.3. The smallest absolute Gasteiger partial charge is 0.254 e. The Hall–Kier alpha value is -3.42. The van der Waals surface area contributed by atoms with E-state index in [0.717, 1.165) is 11.1 Å². The quantitative estimate of drug-likeness (QED) is 0.733. The highest BCUT2D eigenvalue weighted by atomic mass is 19.1. The van der Waals surface area contributed by atoms with Gasteiger partial charge in [0, 0.05) is 30.8 Å². The van der Waals surface area contributed by atoms with Gasteiger partial charge in [-0.3, -0.25) is 14.4 Å². The molecule has 0 saturated carbocycles. The monoisotopic (exact) mass is 439 g/mol. The molecule has 0 aliphatic carbocycles. The van der Waals surface area contributed by atoms with Crippen LogP contribution in [-0.2, 0) is 16.1 Å². The fraction of sp³-hybridized carbons (Fsp3) is 0.375. The lowest BCUT2D eigenvalue weighted by Gasteiger charge is -2.40. The van der Waals surface area contributed by atoms with Gasteiger partial charge < -0.3 is 19.4 Å². The van der Waals surface area contributed by atoms with Crippen LogP contribution in [0, 0.1) is 12.7 Å². The summed E-state index contributed by atoms with van der Waals surface area (Å²) in [5.74, 6) is -0.243. The van der Waals surface area contributed by atoms with Crippen LogP contribution < -0.4 is 4.74 Å². The molecule has 0 spiro atoms. The summed E-state index contributed by atoms with van der Waals surface area (Å²) in [4.78, 5) is 44.2. The van der Waals surface area contributed by atoms with Crippen LogP contribution in [0.2, 0.25) is 0 Å². The Kier molecular flexibility index (Phi) is 6.12. The van der Waals surface area contributed by atoms with E-state index < -0.39 is 6.04 Å². The van der Waals surface area contributed by atoms with Crippen molar-refractivity contribution < 1.29 is 23.5 Å². The van der Waals surface area contributed by atoms with E-state index in [9.17, 15) is 18.8 Å². The first-order valence-corrected chi connectivity index (χ1v) is 10.6. The van der Waals surface area contributed by atoms with Crippen molar-refractivity contribution in [2.45, 2.75) is 25.9 Å². The molecule has 2 heterocycles. The Labute approximate surface area is 186 Å². The van der Waals surface area contributed by atoms with Gasteiger partial charge in [-0.25, -0.2) is 4.39 Å². The predicted octanol–water partition coefficient (Wildman–Crippen LogP) is 2.23. The van der Waals surface area contributed by atoms with Gasteiger partial charge >= 0.3 is 0 Å². The summed E-state index contributed by atoms with van der Waals surface area (Å²) in [5.41, 5.74) is 2.01. The Morgan fingerprint density at radius 2 is 1.88 bits per heavy atom. The SMILES string of the molecule is COc1cccc(C(=O)N2CCCN3C(=O)CN(Cc4ccc(F)cc4)C(=O)C3C2)c1C. The molecule has 0 N–H and O–H groups in total. The predicted molar refractivity (Wildman–Crippen MR) is 116 cm³/mol. The van der Waals surface area contributed by atoms with E-state index in [4.69, 9.17) is 4.74 Å². The van der Waals surface area contributed by atoms with E-state index in [1.807, 2.05) is 6.92 Å². The number of piperazine rings is 1. The average Bonchev–Trinajstić information content (AvgIpc) is 3.02. The fourth-order valence-electron chi connectivity index (χ4n) is 4.41. The molecule has 0 radical (unpaired) electrons. The Morgan fingerprint density at radius 3 is 2.59 bits per heavy atom. The molecule has 3 amide bonds. The van der Waals surface area contributed by atoms with E-state index in [-0.39, 0.29) is 43.2 Å². The van der Waals surface area contributed by atoms with Crippen LogP contribution in [0.4, 0.5) is 4.39 Å². The zero-order valence-electron chi connectivity index (χ0n) is 18.2. The van der Waals surface area contributed by atoms with E-state index in [2.05, 4.69) is 0 Å². The maximum Gasteiger partial charge on any atom is 0.254 e. The highest BCUT2D eigenvalue weighted by Crippen LogP contribution is 2.25. The molecule has 2 aliphatic rings. The molecule has 2 aliphatic heterocycles. The summed E-state index contributed by atoms with van der Waals surface area (Å²) in [6.45, 7) is 3.06. The lowest BCUT2D eigenvalue weighted by Crippen LogP contribution is -2.61. The summed E-state index contributed by atoms with van der Waals surface area (Å²) < 4.78 is 18.6. The van der Waals surface area contributed by atoms with Crippen molar-refractivity contribution in [1.82, 2.24) is 14.7 Å². The lowest BCUT2D eigenvalue weighted by atomic mass is 10.1. The largest absolute Gasteiger partial charge is 0.496 e. The molecular weight excluding hydrogens is 413 g/mol. The zero-order valence-corrected chi connectivity index (χ0v) is 18.2. The number of nitrogens with zero attached hydrogens (tertiary/aromatic N) is 3. The molecule has 0 bridgehead atoms. The van der Waals surface area contributed by atoms with Crippen LogP contribution in [-0.4, -0.2) is 71.8 Å². The van der Waals surface area contributed by atoms with Gasteiger partial charge in [-0.2, -0.15) is 0 Å². The van der Waals surface area contributed by atoms with Crippen molar-refractivity contribution in [2.75, 3.05) is 33.3 Å². The molecule has 0 aromatic heterocycles. The van der Waals surface area contributed by atoms with Gasteiger partial charge in [-0.15, -0.1) is 0 Å². The highest BCUT2D eigenvalue weighted by Gasteiger charge is 2.42. The van der Waals surface area contributed by atoms with Gasteiger partial charge in [0.2, 0.25) is 11.8 Å². The van der Waals surface area contributed by atoms with Crippen molar-refractivity contribution in [3.05, 3.63) is 65.0 Å². The van der Waals surface area contributed by atoms with Crippen molar-refractivity contribution >= 4 is 17.7 Å². The maximum absolute atomic E-state index is 13.3. The molecule has 2 saturated heterocycles. The van der Waals surface area contributed by atoms with Gasteiger partial charge in [0.05, 0.1) is 13.7 Å². The number of fused-ring (bicyclic) bond motifs is 1. The summed E-state index contributed by atoms with van der Waals surface area (Å²) in [6, 6.07) is 10.5. The average molecular weight is 439 g/mol. The summed E-state index contributed by atoms with van der Waals surface area (Å²) in [7, 11) is 1.56. The van der Waals surface area contributed by atoms with E-state index >= 15 is 0 Å². The normalized spacial score (nSPS) is 19.0. The van der Waals surface area contributed by atoms with Gasteiger partial charge in [0.25, 0.3) is 5.91 Å². The molecule has 2 aromatic rings. The molecule has 2 fully saturated rings. The number of benzene rings is 2. The third kappa shape index (κ3) is 4.17. The van der Waals surface area contributed by atoms with Gasteiger partial charge in [0.1, 0.15) is 24.2 Å². The molecule has 168 valence electrons. The topological polar surface area (TPSA) is 70.2 Å². The van der Waals surface area contributed by atoms with E-state index in [0.29, 0.717) is 30.8 Å². The second-order valence-corrected chi connectivity index (χ2v) is 8.16. The number of amides is 3. The molecule has 1 atom stereocenters. The van der Waals surface area contributed by atoms with Crippen LogP contribution in [0.15, 0.2) is 42.5 Å². The van der Waals surface area contributed by atoms with Crippen LogP contribution in [0.3, 0.4) is 0 Å². The number of ether oxygens (including phenoxy) is 1. The molecular formula is C24H26FN3O4. The molecule has 7 nitrogen and oxygen atoms in total. The number of methoxy groups -OCH3 is 1. The van der Waals surface area contributed by atoms with Gasteiger partial charge in [-0.05, 0) is 43.2 Å². The standard InChI is InChI=1S/C24H26FN3O4/c1-16-19(5-3-6-21(16)32-2)23(30)26-11-4-12-28-20(14-26)24(31)27(15-22(28)29)13-17-7-9-18(25)10-8-17/h3,5-10,20H,4,11-15H2,1-2H3. The molecule has 2 aromatic carbocycles. The minimum Gasteiger partial charge on any atom is -0.496 e. The van der Waals surface area contributed by atoms with Crippen molar-refractivity contribution in [2.24, 2.45) is 0 Å². The molecule has 1 unspecified atom stereocenters. The van der Waals surface area contributed by atoms with E-state index in [1.165, 1.54) is 17.0 Å². The summed E-state index contributed by atoms with van der Waals surface area (Å²) in [6.07, 6.45) is 0.599. The molecule has 8 heteroatoms. The minimum atomic E-state index is -0.728. The first-order chi connectivity index (χ1) is 15.4. The first-order valence-electron chi connectivity index (χ1n) is 10.6. The summed E-state index contributed by atoms with van der Waals surface area (Å²) in [5, 5.41) is 0. The number of halogens is 1. The summed E-state index contributed by atoms with van der Waals surface area (Å²) >= 11 is 0. The lowest BCUT2D eigenvalue weighted by molar-refractivity contribution is -0.156. The van der Waals surface area contributed by atoms with Crippen LogP contribution >= 0.6 is 0 Å². The van der Waals surface area contributed by atoms with E-state index in [1.54, 1.807) is 47.2 Å². The minimum absolute atomic E-state index is 0.0182. The Bertz CT molecular complexity index is 1040. The van der Waals surface area contributed by atoms with Crippen molar-refractivity contribution in [3.63, 3.8) is 0 Å². The number of carbonyl (C=O) groups excluding carboxylic acids is 3. The zero-order chi connectivity index (χ0) is 22.8.